The monoisotopic (exact) mass is 583 g/mol. The number of nitro groups is 1. The highest BCUT2D eigenvalue weighted by molar-refractivity contribution is 7.98. The Kier molecular flexibility index (Phi) is 8.88. The largest absolute Gasteiger partial charge is 0.497 e. The van der Waals surface area contributed by atoms with Gasteiger partial charge in [0.1, 0.15) is 11.6 Å². The minimum atomic E-state index is -0.607. The van der Waals surface area contributed by atoms with Crippen LogP contribution in [-0.2, 0) is 12.2 Å². The molecule has 5 rings (SSSR count). The summed E-state index contributed by atoms with van der Waals surface area (Å²) < 4.78 is 20.4. The van der Waals surface area contributed by atoms with Crippen molar-refractivity contribution in [2.45, 2.75) is 23.4 Å². The van der Waals surface area contributed by atoms with Crippen LogP contribution in [0.25, 0.3) is 5.69 Å². The Balaban J connectivity index is 1.54. The van der Waals surface area contributed by atoms with E-state index in [1.807, 2.05) is 30.3 Å². The highest BCUT2D eigenvalue weighted by Gasteiger charge is 2.26. The summed E-state index contributed by atoms with van der Waals surface area (Å²) in [6, 6.07) is 28.1. The van der Waals surface area contributed by atoms with Gasteiger partial charge in [-0.15, -0.1) is 10.2 Å². The third-order valence-corrected chi connectivity index (χ3v) is 7.51. The van der Waals surface area contributed by atoms with Gasteiger partial charge in [-0.05, 0) is 66.1 Å². The van der Waals surface area contributed by atoms with Gasteiger partial charge in [0.15, 0.2) is 11.0 Å². The predicted octanol–water partition coefficient (Wildman–Crippen LogP) is 6.33. The van der Waals surface area contributed by atoms with E-state index in [0.717, 1.165) is 11.1 Å². The van der Waals surface area contributed by atoms with Gasteiger partial charge in [0.2, 0.25) is 0 Å². The van der Waals surface area contributed by atoms with E-state index in [-0.39, 0.29) is 17.4 Å². The molecule has 0 aliphatic heterocycles. The van der Waals surface area contributed by atoms with Gasteiger partial charge >= 0.3 is 0 Å². The number of nitro benzene ring substituents is 1. The van der Waals surface area contributed by atoms with Gasteiger partial charge in [0.05, 0.1) is 18.1 Å². The van der Waals surface area contributed by atoms with E-state index in [4.69, 9.17) is 4.74 Å². The maximum Gasteiger partial charge on any atom is 0.269 e. The summed E-state index contributed by atoms with van der Waals surface area (Å²) in [7, 11) is 1.56. The van der Waals surface area contributed by atoms with E-state index >= 15 is 0 Å². The molecular formula is C31H26FN5O4S. The Hall–Kier alpha value is -5.03. The molecule has 11 heteroatoms. The molecule has 4 aromatic carbocycles. The third-order valence-electron chi connectivity index (χ3n) is 6.51. The molecule has 0 aliphatic carbocycles. The van der Waals surface area contributed by atoms with Crippen molar-refractivity contribution in [3.05, 3.63) is 142 Å². The Morgan fingerprint density at radius 2 is 1.64 bits per heavy atom. The Bertz CT molecular complexity index is 1660. The first-order valence-corrected chi connectivity index (χ1v) is 14.0. The van der Waals surface area contributed by atoms with Crippen LogP contribution >= 0.6 is 11.8 Å². The first kappa shape index (κ1) is 28.5. The molecule has 42 heavy (non-hydrogen) atoms. The zero-order chi connectivity index (χ0) is 29.5. The van der Waals surface area contributed by atoms with Crippen LogP contribution in [0, 0.1) is 15.9 Å². The van der Waals surface area contributed by atoms with Crippen molar-refractivity contribution in [3.8, 4) is 11.4 Å². The lowest BCUT2D eigenvalue weighted by Crippen LogP contribution is -2.32. The smallest absolute Gasteiger partial charge is 0.269 e. The zero-order valence-electron chi connectivity index (χ0n) is 22.5. The normalized spacial score (nSPS) is 11.6. The third kappa shape index (κ3) is 6.81. The molecule has 1 unspecified atom stereocenters. The van der Waals surface area contributed by atoms with Gasteiger partial charge in [-0.1, -0.05) is 54.2 Å². The maximum atomic E-state index is 13.4. The van der Waals surface area contributed by atoms with Crippen molar-refractivity contribution in [2.75, 3.05) is 7.11 Å². The van der Waals surface area contributed by atoms with E-state index < -0.39 is 11.0 Å². The van der Waals surface area contributed by atoms with E-state index in [1.165, 1.54) is 36.0 Å². The number of methoxy groups -OCH3 is 1. The Labute approximate surface area is 245 Å². The number of hydrogen-bond acceptors (Lipinski definition) is 7. The fourth-order valence-corrected chi connectivity index (χ4v) is 5.25. The van der Waals surface area contributed by atoms with Crippen LogP contribution in [0.4, 0.5) is 10.1 Å². The van der Waals surface area contributed by atoms with Crippen molar-refractivity contribution in [1.82, 2.24) is 20.1 Å². The SMILES string of the molecule is COc1ccc(C(=O)NC(Cc2ccccc2)c2nnc(SCc3ccc(F)cc3)n2-c2ccc([N+](=O)[O-])cc2)cc1. The fraction of sp³-hybridized carbons (Fsp3) is 0.129. The topological polar surface area (TPSA) is 112 Å². The molecule has 1 atom stereocenters. The van der Waals surface area contributed by atoms with Gasteiger partial charge in [-0.3, -0.25) is 19.5 Å². The summed E-state index contributed by atoms with van der Waals surface area (Å²) in [5, 5.41) is 23.9. The van der Waals surface area contributed by atoms with Crippen LogP contribution in [0.1, 0.15) is 33.4 Å². The van der Waals surface area contributed by atoms with Gasteiger partial charge in [0.25, 0.3) is 11.6 Å². The van der Waals surface area contributed by atoms with Crippen LogP contribution in [0.3, 0.4) is 0 Å². The molecule has 0 saturated heterocycles. The highest BCUT2D eigenvalue weighted by Crippen LogP contribution is 2.30. The minimum Gasteiger partial charge on any atom is -0.497 e. The molecule has 0 saturated carbocycles. The summed E-state index contributed by atoms with van der Waals surface area (Å²) in [5.74, 6) is 0.936. The number of rotatable bonds is 11. The van der Waals surface area contributed by atoms with Crippen LogP contribution < -0.4 is 10.1 Å². The van der Waals surface area contributed by atoms with Crippen LogP contribution in [0.5, 0.6) is 5.75 Å². The molecule has 0 bridgehead atoms. The number of carbonyl (C=O) groups excluding carboxylic acids is 1. The summed E-state index contributed by atoms with van der Waals surface area (Å²) in [5.41, 5.74) is 2.84. The van der Waals surface area contributed by atoms with Crippen molar-refractivity contribution >= 4 is 23.4 Å². The number of thioether (sulfide) groups is 1. The Morgan fingerprint density at radius 1 is 0.952 bits per heavy atom. The molecule has 1 amide bonds. The molecule has 1 N–H and O–H groups in total. The number of ether oxygens (including phenoxy) is 1. The van der Waals surface area contributed by atoms with Crippen LogP contribution in [-0.4, -0.2) is 32.7 Å². The second-order valence-corrected chi connectivity index (χ2v) is 10.3. The standard InChI is InChI=1S/C31H26FN5O4S/c1-41-27-17-9-23(10-18-27)30(38)33-28(19-21-5-3-2-4-6-21)29-34-35-31(42-20-22-7-11-24(32)12-8-22)36(29)25-13-15-26(16-14-25)37(39)40/h2-18,28H,19-20H2,1H3,(H,33,38). The molecule has 0 fully saturated rings. The number of halogens is 1. The first-order valence-electron chi connectivity index (χ1n) is 13.0. The molecule has 1 heterocycles. The van der Waals surface area contributed by atoms with Crippen molar-refractivity contribution in [2.24, 2.45) is 0 Å². The molecule has 0 spiro atoms. The first-order chi connectivity index (χ1) is 20.4. The van der Waals surface area contributed by atoms with E-state index in [2.05, 4.69) is 15.5 Å². The zero-order valence-corrected chi connectivity index (χ0v) is 23.3. The number of amides is 1. The maximum absolute atomic E-state index is 13.4. The van der Waals surface area contributed by atoms with Crippen molar-refractivity contribution in [3.63, 3.8) is 0 Å². The van der Waals surface area contributed by atoms with Gasteiger partial charge in [-0.25, -0.2) is 4.39 Å². The average molecular weight is 584 g/mol. The quantitative estimate of drug-likeness (QED) is 0.110. The second kappa shape index (κ2) is 13.1. The molecular weight excluding hydrogens is 557 g/mol. The molecule has 0 aliphatic rings. The summed E-state index contributed by atoms with van der Waals surface area (Å²) in [6.45, 7) is 0. The summed E-state index contributed by atoms with van der Waals surface area (Å²) >= 11 is 1.38. The fourth-order valence-electron chi connectivity index (χ4n) is 4.34. The number of non-ortho nitro benzene ring substituents is 1. The van der Waals surface area contributed by atoms with Crippen LogP contribution in [0.2, 0.25) is 0 Å². The van der Waals surface area contributed by atoms with E-state index in [0.29, 0.717) is 40.2 Å². The summed E-state index contributed by atoms with van der Waals surface area (Å²) in [4.78, 5) is 24.3. The van der Waals surface area contributed by atoms with Crippen molar-refractivity contribution < 1.29 is 18.8 Å². The molecule has 5 aromatic rings. The number of benzene rings is 4. The number of aromatic nitrogens is 3. The number of carbonyl (C=O) groups is 1. The molecule has 9 nitrogen and oxygen atoms in total. The van der Waals surface area contributed by atoms with Crippen LogP contribution in [0.15, 0.2) is 108 Å². The van der Waals surface area contributed by atoms with E-state index in [9.17, 15) is 19.3 Å². The lowest BCUT2D eigenvalue weighted by Gasteiger charge is -2.20. The molecule has 0 radical (unpaired) electrons. The van der Waals surface area contributed by atoms with E-state index in [1.54, 1.807) is 60.2 Å². The number of hydrogen-bond donors (Lipinski definition) is 1. The lowest BCUT2D eigenvalue weighted by molar-refractivity contribution is -0.384. The Morgan fingerprint density at radius 3 is 2.29 bits per heavy atom. The van der Waals surface area contributed by atoms with Crippen molar-refractivity contribution in [1.29, 1.82) is 0 Å². The highest BCUT2D eigenvalue weighted by atomic mass is 32.2. The minimum absolute atomic E-state index is 0.0532. The predicted molar refractivity (Wildman–Crippen MR) is 157 cm³/mol. The average Bonchev–Trinajstić information content (AvgIpc) is 3.45. The number of nitrogens with zero attached hydrogens (tertiary/aromatic N) is 4. The van der Waals surface area contributed by atoms with Gasteiger partial charge < -0.3 is 10.1 Å². The summed E-state index contributed by atoms with van der Waals surface area (Å²) in [6.07, 6.45) is 0.413. The van der Waals surface area contributed by atoms with Gasteiger partial charge in [0, 0.05) is 29.1 Å². The van der Waals surface area contributed by atoms with Gasteiger partial charge in [-0.2, -0.15) is 0 Å². The molecule has 1 aromatic heterocycles. The number of nitrogens with one attached hydrogen (secondary N) is 1. The second-order valence-electron chi connectivity index (χ2n) is 9.31. The lowest BCUT2D eigenvalue weighted by atomic mass is 10.0. The molecule has 212 valence electrons.